The maximum absolute atomic E-state index is 13.1. The minimum atomic E-state index is -3.46. The van der Waals surface area contributed by atoms with E-state index in [-0.39, 0.29) is 17.7 Å². The minimum Gasteiger partial charge on any atom is -0.444 e. The van der Waals surface area contributed by atoms with Crippen molar-refractivity contribution in [2.24, 2.45) is 5.92 Å². The average molecular weight is 443 g/mol. The number of hydrogen-bond acceptors (Lipinski definition) is 6. The third-order valence-electron chi connectivity index (χ3n) is 5.24. The van der Waals surface area contributed by atoms with Crippen LogP contribution in [0.3, 0.4) is 0 Å². The van der Waals surface area contributed by atoms with E-state index in [0.717, 1.165) is 24.2 Å². The molecule has 6 nitrogen and oxygen atoms in total. The zero-order valence-electron chi connectivity index (χ0n) is 18.3. The number of nitrogens with zero attached hydrogens (tertiary/aromatic N) is 1. The standard InChI is InChI=1S/C21H34N2O4S2/c1-21(2,3)27-20(24)22-19-12-7-16(23(4)5)13-15(19)14-29(25,26)18-10-8-17(28-6)9-11-18/h8-11,15-16,19H,7,12-14H2,1-6H3,(H,22,24)/t15?,16-,19?/m1/s1. The van der Waals surface area contributed by atoms with Crippen LogP contribution in [0.25, 0.3) is 0 Å². The van der Waals surface area contributed by atoms with Crippen molar-refractivity contribution >= 4 is 27.7 Å². The van der Waals surface area contributed by atoms with E-state index in [1.165, 1.54) is 0 Å². The summed E-state index contributed by atoms with van der Waals surface area (Å²) in [6, 6.07) is 7.08. The predicted molar refractivity (Wildman–Crippen MR) is 118 cm³/mol. The van der Waals surface area contributed by atoms with Crippen molar-refractivity contribution in [3.63, 3.8) is 0 Å². The van der Waals surface area contributed by atoms with Gasteiger partial charge in [0.1, 0.15) is 5.60 Å². The average Bonchev–Trinajstić information content (AvgIpc) is 2.61. The van der Waals surface area contributed by atoms with Crippen LogP contribution in [0.15, 0.2) is 34.1 Å². The highest BCUT2D eigenvalue weighted by molar-refractivity contribution is 7.98. The smallest absolute Gasteiger partial charge is 0.407 e. The fraction of sp³-hybridized carbons (Fsp3) is 0.667. The molecule has 8 heteroatoms. The lowest BCUT2D eigenvalue weighted by molar-refractivity contribution is 0.0454. The maximum atomic E-state index is 13.1. The van der Waals surface area contributed by atoms with E-state index in [4.69, 9.17) is 4.74 Å². The lowest BCUT2D eigenvalue weighted by Crippen LogP contribution is -2.50. The number of thioether (sulfide) groups is 1. The summed E-state index contributed by atoms with van der Waals surface area (Å²) in [5, 5.41) is 2.93. The molecule has 2 rings (SSSR count). The van der Waals surface area contributed by atoms with Gasteiger partial charge in [0.25, 0.3) is 0 Å². The van der Waals surface area contributed by atoms with Crippen LogP contribution in [-0.2, 0) is 14.6 Å². The van der Waals surface area contributed by atoms with Crippen LogP contribution < -0.4 is 5.32 Å². The number of carbonyl (C=O) groups excluding carboxylic acids is 1. The van der Waals surface area contributed by atoms with Gasteiger partial charge in [-0.3, -0.25) is 0 Å². The number of amides is 1. The number of hydrogen-bond donors (Lipinski definition) is 1. The Kier molecular flexibility index (Phi) is 8.04. The number of rotatable bonds is 6. The highest BCUT2D eigenvalue weighted by Gasteiger charge is 2.36. The quantitative estimate of drug-likeness (QED) is 0.675. The molecule has 0 heterocycles. The third kappa shape index (κ3) is 7.19. The Hall–Kier alpha value is -1.25. The van der Waals surface area contributed by atoms with Gasteiger partial charge in [0, 0.05) is 17.0 Å². The summed E-state index contributed by atoms with van der Waals surface area (Å²) < 4.78 is 31.5. The zero-order chi connectivity index (χ0) is 21.8. The summed E-state index contributed by atoms with van der Waals surface area (Å²) in [5.41, 5.74) is -0.592. The van der Waals surface area contributed by atoms with Crippen LogP contribution in [0, 0.1) is 5.92 Å². The zero-order valence-corrected chi connectivity index (χ0v) is 19.9. The lowest BCUT2D eigenvalue weighted by atomic mass is 9.82. The van der Waals surface area contributed by atoms with E-state index in [2.05, 4.69) is 10.2 Å². The number of ether oxygens (including phenoxy) is 1. The van der Waals surface area contributed by atoms with Gasteiger partial charge in [-0.05, 0) is 90.6 Å². The van der Waals surface area contributed by atoms with Crippen molar-refractivity contribution in [1.29, 1.82) is 0 Å². The lowest BCUT2D eigenvalue weighted by Gasteiger charge is -2.39. The van der Waals surface area contributed by atoms with E-state index in [9.17, 15) is 13.2 Å². The first-order chi connectivity index (χ1) is 13.4. The molecule has 1 fully saturated rings. The highest BCUT2D eigenvalue weighted by Crippen LogP contribution is 2.31. The molecule has 1 N–H and O–H groups in total. The Morgan fingerprint density at radius 1 is 1.21 bits per heavy atom. The Bertz CT molecular complexity index is 786. The second-order valence-electron chi connectivity index (χ2n) is 8.90. The summed E-state index contributed by atoms with van der Waals surface area (Å²) in [7, 11) is 0.568. The molecule has 164 valence electrons. The molecular weight excluding hydrogens is 408 g/mol. The second kappa shape index (κ2) is 9.71. The molecule has 1 aliphatic rings. The van der Waals surface area contributed by atoms with Crippen molar-refractivity contribution in [2.75, 3.05) is 26.1 Å². The van der Waals surface area contributed by atoms with E-state index >= 15 is 0 Å². The first-order valence-corrected chi connectivity index (χ1v) is 12.8. The fourth-order valence-corrected chi connectivity index (χ4v) is 5.79. The monoisotopic (exact) mass is 442 g/mol. The van der Waals surface area contributed by atoms with Crippen LogP contribution in [-0.4, -0.2) is 63.2 Å². The van der Waals surface area contributed by atoms with E-state index < -0.39 is 21.5 Å². The van der Waals surface area contributed by atoms with Crippen molar-refractivity contribution < 1.29 is 17.9 Å². The van der Waals surface area contributed by atoms with Crippen LogP contribution in [0.5, 0.6) is 0 Å². The van der Waals surface area contributed by atoms with E-state index in [0.29, 0.717) is 10.9 Å². The van der Waals surface area contributed by atoms with Crippen LogP contribution in [0.4, 0.5) is 4.79 Å². The summed E-state index contributed by atoms with van der Waals surface area (Å²) in [4.78, 5) is 15.8. The summed E-state index contributed by atoms with van der Waals surface area (Å²) in [6.45, 7) is 5.45. The SMILES string of the molecule is CSc1ccc(S(=O)(=O)CC2C[C@H](N(C)C)CCC2NC(=O)OC(C)(C)C)cc1. The Morgan fingerprint density at radius 2 is 1.83 bits per heavy atom. The number of alkyl carbamates (subject to hydrolysis) is 1. The number of nitrogens with one attached hydrogen (secondary N) is 1. The topological polar surface area (TPSA) is 75.7 Å². The molecule has 0 radical (unpaired) electrons. The molecule has 3 atom stereocenters. The highest BCUT2D eigenvalue weighted by atomic mass is 32.2. The molecule has 1 aromatic rings. The van der Waals surface area contributed by atoms with Crippen LogP contribution in [0.2, 0.25) is 0 Å². The third-order valence-corrected chi connectivity index (χ3v) is 7.84. The first-order valence-electron chi connectivity index (χ1n) is 9.94. The molecule has 0 spiro atoms. The molecule has 1 aliphatic carbocycles. The molecule has 2 unspecified atom stereocenters. The summed E-state index contributed by atoms with van der Waals surface area (Å²) >= 11 is 1.58. The van der Waals surface area contributed by atoms with Gasteiger partial charge in [0.05, 0.1) is 10.6 Å². The largest absolute Gasteiger partial charge is 0.444 e. The molecule has 0 aliphatic heterocycles. The molecule has 1 saturated carbocycles. The predicted octanol–water partition coefficient (Wildman–Crippen LogP) is 3.81. The second-order valence-corrected chi connectivity index (χ2v) is 11.8. The van der Waals surface area contributed by atoms with Gasteiger partial charge >= 0.3 is 6.09 Å². The number of benzene rings is 1. The minimum absolute atomic E-state index is 0.0103. The number of sulfone groups is 1. The molecule has 1 aromatic carbocycles. The molecule has 1 amide bonds. The van der Waals surface area contributed by atoms with Crippen molar-refractivity contribution in [2.45, 2.75) is 67.5 Å². The van der Waals surface area contributed by atoms with E-state index in [1.54, 1.807) is 23.9 Å². The van der Waals surface area contributed by atoms with Gasteiger partial charge < -0.3 is 15.0 Å². The molecule has 29 heavy (non-hydrogen) atoms. The molecule has 0 saturated heterocycles. The summed E-state index contributed by atoms with van der Waals surface area (Å²) in [6.07, 6.45) is 3.83. The van der Waals surface area contributed by atoms with Crippen molar-refractivity contribution in [3.8, 4) is 0 Å². The van der Waals surface area contributed by atoms with Gasteiger partial charge in [-0.15, -0.1) is 11.8 Å². The summed E-state index contributed by atoms with van der Waals surface area (Å²) in [5.74, 6) is -0.162. The van der Waals surface area contributed by atoms with Gasteiger partial charge in [-0.1, -0.05) is 0 Å². The number of carbonyl (C=O) groups is 1. The van der Waals surface area contributed by atoms with Crippen molar-refractivity contribution in [3.05, 3.63) is 24.3 Å². The molecule has 0 bridgehead atoms. The first kappa shape index (κ1) is 24.0. The maximum Gasteiger partial charge on any atom is 0.407 e. The molecular formula is C21H34N2O4S2. The van der Waals surface area contributed by atoms with Gasteiger partial charge in [0.2, 0.25) is 0 Å². The van der Waals surface area contributed by atoms with Crippen LogP contribution >= 0.6 is 11.8 Å². The fourth-order valence-electron chi connectivity index (χ4n) is 3.70. The molecule has 0 aromatic heterocycles. The van der Waals surface area contributed by atoms with E-state index in [1.807, 2.05) is 53.3 Å². The van der Waals surface area contributed by atoms with Gasteiger partial charge in [-0.25, -0.2) is 13.2 Å². The van der Waals surface area contributed by atoms with Crippen molar-refractivity contribution in [1.82, 2.24) is 10.2 Å². The Labute approximate surface area is 179 Å². The van der Waals surface area contributed by atoms with Crippen LogP contribution in [0.1, 0.15) is 40.0 Å². The normalized spacial score (nSPS) is 23.1. The Balaban J connectivity index is 2.18. The Morgan fingerprint density at radius 3 is 2.34 bits per heavy atom. The van der Waals surface area contributed by atoms with Gasteiger partial charge in [0.15, 0.2) is 9.84 Å². The van der Waals surface area contributed by atoms with Gasteiger partial charge in [-0.2, -0.15) is 0 Å².